The predicted octanol–water partition coefficient (Wildman–Crippen LogP) is 0.849. The van der Waals surface area contributed by atoms with Crippen LogP contribution in [0.25, 0.3) is 0 Å². The summed E-state index contributed by atoms with van der Waals surface area (Å²) in [6, 6.07) is 8.91. The zero-order valence-corrected chi connectivity index (χ0v) is 23.5. The summed E-state index contributed by atoms with van der Waals surface area (Å²) in [6.07, 6.45) is 1.80. The summed E-state index contributed by atoms with van der Waals surface area (Å²) in [5.41, 5.74) is 2.86. The molecule has 1 aliphatic rings. The van der Waals surface area contributed by atoms with Gasteiger partial charge in [-0.2, -0.15) is 18.2 Å². The second-order valence-electron chi connectivity index (χ2n) is 7.40. The van der Waals surface area contributed by atoms with E-state index in [9.17, 15) is 17.5 Å². The number of nitrogens with zero attached hydrogens (tertiary/aromatic N) is 1. The van der Waals surface area contributed by atoms with Gasteiger partial charge in [-0.15, -0.1) is 6.07 Å². The van der Waals surface area contributed by atoms with Crippen molar-refractivity contribution in [3.63, 3.8) is 0 Å². The van der Waals surface area contributed by atoms with E-state index >= 15 is 0 Å². The van der Waals surface area contributed by atoms with Gasteiger partial charge in [-0.1, -0.05) is 12.5 Å². The molecule has 0 saturated heterocycles. The van der Waals surface area contributed by atoms with E-state index in [1.54, 1.807) is 13.8 Å². The Balaban J connectivity index is 0.00000450. The van der Waals surface area contributed by atoms with Crippen LogP contribution in [0.4, 0.5) is 5.69 Å². The van der Waals surface area contributed by atoms with Gasteiger partial charge >= 0.3 is 59.0 Å². The molecule has 1 aliphatic heterocycles. The molecule has 0 N–H and O–H groups in total. The van der Waals surface area contributed by atoms with Crippen molar-refractivity contribution in [1.29, 1.82) is 0 Å². The van der Waals surface area contributed by atoms with E-state index in [1.807, 2.05) is 25.1 Å². The molecule has 0 amide bonds. The van der Waals surface area contributed by atoms with Gasteiger partial charge in [0.05, 0.1) is 29.5 Å². The minimum atomic E-state index is -4.19. The zero-order valence-electron chi connectivity index (χ0n) is 18.6. The molecule has 30 heavy (non-hydrogen) atoms. The Morgan fingerprint density at radius 3 is 2.43 bits per heavy atom. The molecule has 0 fully saturated rings. The summed E-state index contributed by atoms with van der Waals surface area (Å²) < 4.78 is 58.6. The fourth-order valence-electron chi connectivity index (χ4n) is 3.85. The van der Waals surface area contributed by atoms with Crippen molar-refractivity contribution in [3.8, 4) is 0 Å². The van der Waals surface area contributed by atoms with Crippen LogP contribution in [-0.2, 0) is 29.1 Å². The van der Waals surface area contributed by atoms with Gasteiger partial charge in [0.15, 0.2) is 5.71 Å². The molecule has 1 heterocycles. The Hall–Kier alpha value is 0.586. The molecule has 0 spiro atoms. The summed E-state index contributed by atoms with van der Waals surface area (Å²) in [6.45, 7) is 9.02. The maximum Gasteiger partial charge on any atom is 1.00 e. The van der Waals surface area contributed by atoms with Crippen molar-refractivity contribution in [2.45, 2.75) is 52.4 Å². The van der Waals surface area contributed by atoms with E-state index in [0.29, 0.717) is 45.2 Å². The molecule has 0 saturated carbocycles. The number of fused-ring (bicyclic) bond motifs is 1. The van der Waals surface area contributed by atoms with Gasteiger partial charge in [0.25, 0.3) is 0 Å². The van der Waals surface area contributed by atoms with Crippen molar-refractivity contribution >= 4 is 29.1 Å². The number of benzene rings is 1. The van der Waals surface area contributed by atoms with E-state index in [1.165, 1.54) is 0 Å². The van der Waals surface area contributed by atoms with Crippen LogP contribution in [0.2, 0.25) is 0 Å². The standard InChI is InChI=1S/C20H32NO6PS.K/c1-5-26-28(22,27-6-2)15-13-20(4)17(3)21(14-9-10-16-29(23,24)25)19-12-8-7-11-18(19)20;/h8,11-12H,5-6,9-10,13-16H2,1-4H3,(H,23,24,25);/q;+1/p-1. The minimum absolute atomic E-state index is 0. The molecule has 10 heteroatoms. The monoisotopic (exact) mass is 483 g/mol. The van der Waals surface area contributed by atoms with Gasteiger partial charge in [-0.05, 0) is 26.7 Å². The van der Waals surface area contributed by atoms with Crippen molar-refractivity contribution in [2.24, 2.45) is 0 Å². The van der Waals surface area contributed by atoms with Crippen molar-refractivity contribution in [2.75, 3.05) is 31.7 Å². The third kappa shape index (κ3) is 7.30. The molecular formula is C20H31KNO6PS. The summed E-state index contributed by atoms with van der Waals surface area (Å²) in [4.78, 5) is 0. The maximum absolute atomic E-state index is 13.0. The van der Waals surface area contributed by atoms with Crippen LogP contribution < -0.4 is 51.4 Å². The van der Waals surface area contributed by atoms with Gasteiger partial charge in [0, 0.05) is 24.5 Å². The molecule has 2 rings (SSSR count). The molecule has 1 aromatic rings. The van der Waals surface area contributed by atoms with Crippen LogP contribution >= 0.6 is 7.60 Å². The van der Waals surface area contributed by atoms with E-state index in [4.69, 9.17) is 9.05 Å². The molecule has 1 aromatic carbocycles. The quantitative estimate of drug-likeness (QED) is 0.109. The number of hydrogen-bond donors (Lipinski definition) is 0. The average molecular weight is 484 g/mol. The first kappa shape index (κ1) is 28.6. The third-order valence-corrected chi connectivity index (χ3v) is 8.36. The average Bonchev–Trinajstić information content (AvgIpc) is 2.86. The Morgan fingerprint density at radius 2 is 1.87 bits per heavy atom. The van der Waals surface area contributed by atoms with Crippen LogP contribution in [0.15, 0.2) is 18.2 Å². The fraction of sp³-hybridized carbons (Fsp3) is 0.650. The molecule has 1 unspecified atom stereocenters. The zero-order chi connectivity index (χ0) is 21.7. The van der Waals surface area contributed by atoms with Crippen molar-refractivity contribution in [3.05, 3.63) is 29.8 Å². The smallest absolute Gasteiger partial charge is 0.748 e. The topological polar surface area (TPSA) is 95.7 Å². The van der Waals surface area contributed by atoms with Crippen molar-refractivity contribution < 1.29 is 82.5 Å². The molecule has 0 radical (unpaired) electrons. The van der Waals surface area contributed by atoms with Gasteiger partial charge in [-0.3, -0.25) is 4.57 Å². The fourth-order valence-corrected chi connectivity index (χ4v) is 6.24. The predicted molar refractivity (Wildman–Crippen MR) is 112 cm³/mol. The van der Waals surface area contributed by atoms with E-state index in [0.717, 1.165) is 17.0 Å². The SMILES string of the molecule is CCOP(=O)(CCC1(C)C(C)=[N+](CCCCS(=O)(=O)[O-])c2cc[c-]cc21)OCC.[K+]. The summed E-state index contributed by atoms with van der Waals surface area (Å²) >= 11 is 0. The van der Waals surface area contributed by atoms with Gasteiger partial charge in [0.2, 0.25) is 0 Å². The van der Waals surface area contributed by atoms with Crippen LogP contribution in [0.3, 0.4) is 0 Å². The van der Waals surface area contributed by atoms with E-state index in [-0.39, 0.29) is 62.6 Å². The normalized spacial score (nSPS) is 19.0. The summed E-state index contributed by atoms with van der Waals surface area (Å²) in [5, 5.41) is 0. The van der Waals surface area contributed by atoms with Gasteiger partial charge < -0.3 is 13.6 Å². The molecule has 164 valence electrons. The van der Waals surface area contributed by atoms with Crippen LogP contribution in [0, 0.1) is 6.07 Å². The largest absolute Gasteiger partial charge is 1.00 e. The molecule has 1 atom stereocenters. The molecular weight excluding hydrogens is 452 g/mol. The van der Waals surface area contributed by atoms with Gasteiger partial charge in [-0.25, -0.2) is 13.0 Å². The second kappa shape index (κ2) is 12.2. The summed E-state index contributed by atoms with van der Waals surface area (Å²) in [5.74, 6) is -0.349. The first-order chi connectivity index (χ1) is 13.6. The molecule has 0 aromatic heterocycles. The first-order valence-corrected chi connectivity index (χ1v) is 13.3. The van der Waals surface area contributed by atoms with Crippen LogP contribution in [0.5, 0.6) is 0 Å². The number of rotatable bonds is 12. The summed E-state index contributed by atoms with van der Waals surface area (Å²) in [7, 11) is -7.35. The number of unbranched alkanes of at least 4 members (excludes halogenated alkanes) is 1. The van der Waals surface area contributed by atoms with Crippen molar-refractivity contribution in [1.82, 2.24) is 0 Å². The Labute approximate surface area is 223 Å². The van der Waals surface area contributed by atoms with Crippen LogP contribution in [-0.4, -0.2) is 54.9 Å². The Bertz CT molecular complexity index is 894. The molecule has 7 nitrogen and oxygen atoms in total. The third-order valence-electron chi connectivity index (χ3n) is 5.49. The van der Waals surface area contributed by atoms with E-state index < -0.39 is 17.7 Å². The minimum Gasteiger partial charge on any atom is -0.748 e. The molecule has 0 bridgehead atoms. The first-order valence-electron chi connectivity index (χ1n) is 10.00. The molecule has 0 aliphatic carbocycles. The second-order valence-corrected chi connectivity index (χ2v) is 11.1. The Morgan fingerprint density at radius 1 is 1.23 bits per heavy atom. The Kier molecular flexibility index (Phi) is 11.6. The van der Waals surface area contributed by atoms with E-state index in [2.05, 4.69) is 17.6 Å². The maximum atomic E-state index is 13.0. The number of hydrogen-bond acceptors (Lipinski definition) is 6. The van der Waals surface area contributed by atoms with Crippen LogP contribution in [0.1, 0.15) is 52.5 Å². The van der Waals surface area contributed by atoms with Gasteiger partial charge in [0.1, 0.15) is 12.2 Å².